The van der Waals surface area contributed by atoms with Gasteiger partial charge in [0, 0.05) is 6.61 Å². The number of carbonyl (C=O) groups excluding carboxylic acids is 1. The highest BCUT2D eigenvalue weighted by Gasteiger charge is 2.16. The van der Waals surface area contributed by atoms with Crippen molar-refractivity contribution in [3.05, 3.63) is 29.3 Å². The van der Waals surface area contributed by atoms with Gasteiger partial charge in [0.1, 0.15) is 12.4 Å². The van der Waals surface area contributed by atoms with Gasteiger partial charge in [-0.25, -0.2) is 0 Å². The first-order chi connectivity index (χ1) is 8.66. The van der Waals surface area contributed by atoms with E-state index in [-0.39, 0.29) is 11.9 Å². The summed E-state index contributed by atoms with van der Waals surface area (Å²) in [6, 6.07) is 5.71. The van der Waals surface area contributed by atoms with E-state index in [9.17, 15) is 4.79 Å². The lowest BCUT2D eigenvalue weighted by Crippen LogP contribution is -2.26. The minimum Gasteiger partial charge on any atom is -0.490 e. The van der Waals surface area contributed by atoms with Crippen molar-refractivity contribution in [2.45, 2.75) is 39.2 Å². The fraction of sp³-hybridized carbons (Fsp3) is 0.533. The maximum Gasteiger partial charge on any atom is 0.163 e. The van der Waals surface area contributed by atoms with Crippen LogP contribution < -0.4 is 4.74 Å². The molecule has 1 fully saturated rings. The molecule has 1 heterocycles. The van der Waals surface area contributed by atoms with Crippen LogP contribution in [0.2, 0.25) is 0 Å². The summed E-state index contributed by atoms with van der Waals surface area (Å²) in [5.41, 5.74) is 1.73. The first kappa shape index (κ1) is 13.1. The van der Waals surface area contributed by atoms with Crippen LogP contribution in [0.3, 0.4) is 0 Å². The van der Waals surface area contributed by atoms with E-state index in [2.05, 4.69) is 0 Å². The largest absolute Gasteiger partial charge is 0.490 e. The molecule has 1 aliphatic rings. The van der Waals surface area contributed by atoms with Crippen molar-refractivity contribution in [1.29, 1.82) is 0 Å². The minimum absolute atomic E-state index is 0.0401. The van der Waals surface area contributed by atoms with Crippen molar-refractivity contribution in [3.8, 4) is 5.75 Å². The van der Waals surface area contributed by atoms with E-state index in [1.807, 2.05) is 25.1 Å². The van der Waals surface area contributed by atoms with Crippen LogP contribution in [0.4, 0.5) is 0 Å². The molecule has 1 aromatic carbocycles. The van der Waals surface area contributed by atoms with Crippen molar-refractivity contribution in [2.75, 3.05) is 13.2 Å². The number of rotatable bonds is 4. The van der Waals surface area contributed by atoms with Crippen LogP contribution in [0.25, 0.3) is 0 Å². The fourth-order valence-corrected chi connectivity index (χ4v) is 2.17. The zero-order valence-corrected chi connectivity index (χ0v) is 11.1. The van der Waals surface area contributed by atoms with Crippen LogP contribution in [-0.2, 0) is 4.74 Å². The van der Waals surface area contributed by atoms with Crippen LogP contribution in [0.5, 0.6) is 5.75 Å². The second-order valence-electron chi connectivity index (χ2n) is 4.86. The summed E-state index contributed by atoms with van der Waals surface area (Å²) in [4.78, 5) is 11.6. The molecule has 0 radical (unpaired) electrons. The number of hydrogen-bond acceptors (Lipinski definition) is 3. The van der Waals surface area contributed by atoms with Crippen molar-refractivity contribution >= 4 is 5.78 Å². The van der Waals surface area contributed by atoms with Crippen LogP contribution in [-0.4, -0.2) is 25.1 Å². The Hall–Kier alpha value is -1.35. The third-order valence-corrected chi connectivity index (χ3v) is 3.21. The smallest absolute Gasteiger partial charge is 0.163 e. The van der Waals surface area contributed by atoms with Gasteiger partial charge in [0.15, 0.2) is 5.78 Å². The van der Waals surface area contributed by atoms with Crippen molar-refractivity contribution in [3.63, 3.8) is 0 Å². The van der Waals surface area contributed by atoms with Gasteiger partial charge in [-0.05, 0) is 45.2 Å². The summed E-state index contributed by atoms with van der Waals surface area (Å²) in [5.74, 6) is 0.709. The van der Waals surface area contributed by atoms with E-state index in [1.165, 1.54) is 6.42 Å². The van der Waals surface area contributed by atoms with Gasteiger partial charge in [0.05, 0.1) is 11.7 Å². The Morgan fingerprint density at radius 2 is 2.28 bits per heavy atom. The molecule has 98 valence electrons. The van der Waals surface area contributed by atoms with Crippen LogP contribution >= 0.6 is 0 Å². The Balaban J connectivity index is 2.01. The molecule has 1 atom stereocenters. The second kappa shape index (κ2) is 6.01. The van der Waals surface area contributed by atoms with Gasteiger partial charge in [-0.15, -0.1) is 0 Å². The Morgan fingerprint density at radius 3 is 2.94 bits per heavy atom. The summed E-state index contributed by atoms with van der Waals surface area (Å²) in [7, 11) is 0. The molecule has 1 unspecified atom stereocenters. The Bertz CT molecular complexity index is 420. The lowest BCUT2D eigenvalue weighted by molar-refractivity contribution is -0.0112. The number of hydrogen-bond donors (Lipinski definition) is 0. The highest BCUT2D eigenvalue weighted by molar-refractivity contribution is 5.97. The molecule has 1 aliphatic heterocycles. The molecule has 1 aromatic rings. The number of ketones is 1. The van der Waals surface area contributed by atoms with E-state index < -0.39 is 0 Å². The molecule has 0 bridgehead atoms. The van der Waals surface area contributed by atoms with Crippen molar-refractivity contribution in [2.24, 2.45) is 0 Å². The zero-order valence-electron chi connectivity index (χ0n) is 11.1. The van der Waals surface area contributed by atoms with Gasteiger partial charge in [-0.2, -0.15) is 0 Å². The molecule has 0 spiro atoms. The molecule has 1 saturated heterocycles. The monoisotopic (exact) mass is 248 g/mol. The van der Waals surface area contributed by atoms with Crippen molar-refractivity contribution in [1.82, 2.24) is 0 Å². The fourth-order valence-electron chi connectivity index (χ4n) is 2.17. The van der Waals surface area contributed by atoms with Crippen LogP contribution in [0.15, 0.2) is 18.2 Å². The third-order valence-electron chi connectivity index (χ3n) is 3.21. The lowest BCUT2D eigenvalue weighted by atomic mass is 10.1. The van der Waals surface area contributed by atoms with E-state index in [0.717, 1.165) is 25.0 Å². The SMILES string of the molecule is CC(=O)c1cc(C)ccc1OCC1CCCCO1. The highest BCUT2D eigenvalue weighted by Crippen LogP contribution is 2.22. The number of Topliss-reactive ketones (excluding diaryl/α,β-unsaturated/α-hetero) is 1. The molecule has 3 heteroatoms. The molecule has 0 aliphatic carbocycles. The second-order valence-corrected chi connectivity index (χ2v) is 4.86. The summed E-state index contributed by atoms with van der Waals surface area (Å²) in [6.45, 7) is 4.89. The van der Waals surface area contributed by atoms with Gasteiger partial charge >= 0.3 is 0 Å². The standard InChI is InChI=1S/C15H20O3/c1-11-6-7-15(14(9-11)12(2)16)18-10-13-5-3-4-8-17-13/h6-7,9,13H,3-5,8,10H2,1-2H3. The molecule has 0 aromatic heterocycles. The first-order valence-electron chi connectivity index (χ1n) is 6.53. The van der Waals surface area contributed by atoms with Crippen LogP contribution in [0, 0.1) is 6.92 Å². The molecule has 3 nitrogen and oxygen atoms in total. The van der Waals surface area contributed by atoms with Crippen LogP contribution in [0.1, 0.15) is 42.1 Å². The molecule has 0 saturated carbocycles. The highest BCUT2D eigenvalue weighted by atomic mass is 16.5. The number of carbonyl (C=O) groups is 1. The summed E-state index contributed by atoms with van der Waals surface area (Å²) >= 11 is 0. The van der Waals surface area contributed by atoms with Gasteiger partial charge < -0.3 is 9.47 Å². The molecular formula is C15H20O3. The molecule has 0 N–H and O–H groups in total. The number of ether oxygens (including phenoxy) is 2. The molecular weight excluding hydrogens is 228 g/mol. The minimum atomic E-state index is 0.0401. The Kier molecular flexibility index (Phi) is 4.37. The lowest BCUT2D eigenvalue weighted by Gasteiger charge is -2.23. The summed E-state index contributed by atoms with van der Waals surface area (Å²) < 4.78 is 11.4. The molecule has 18 heavy (non-hydrogen) atoms. The third kappa shape index (κ3) is 3.33. The van der Waals surface area contributed by atoms with E-state index in [0.29, 0.717) is 17.9 Å². The van der Waals surface area contributed by atoms with Gasteiger partial charge in [0.2, 0.25) is 0 Å². The van der Waals surface area contributed by atoms with Gasteiger partial charge in [0.25, 0.3) is 0 Å². The van der Waals surface area contributed by atoms with Crippen molar-refractivity contribution < 1.29 is 14.3 Å². The predicted molar refractivity (Wildman–Crippen MR) is 70.3 cm³/mol. The summed E-state index contributed by atoms with van der Waals surface area (Å²) in [6.07, 6.45) is 3.54. The molecule has 2 rings (SSSR count). The predicted octanol–water partition coefficient (Wildman–Crippen LogP) is 3.15. The maximum atomic E-state index is 11.6. The van der Waals surface area contributed by atoms with Gasteiger partial charge in [-0.3, -0.25) is 4.79 Å². The van der Waals surface area contributed by atoms with E-state index in [4.69, 9.17) is 9.47 Å². The number of aryl methyl sites for hydroxylation is 1. The quantitative estimate of drug-likeness (QED) is 0.768. The Labute approximate surface area is 108 Å². The average Bonchev–Trinajstić information content (AvgIpc) is 2.38. The Morgan fingerprint density at radius 1 is 1.44 bits per heavy atom. The van der Waals surface area contributed by atoms with E-state index in [1.54, 1.807) is 6.92 Å². The zero-order chi connectivity index (χ0) is 13.0. The topological polar surface area (TPSA) is 35.5 Å². The number of benzene rings is 1. The normalized spacial score (nSPS) is 19.6. The maximum absolute atomic E-state index is 11.6. The first-order valence-corrected chi connectivity index (χ1v) is 6.53. The molecule has 0 amide bonds. The average molecular weight is 248 g/mol. The van der Waals surface area contributed by atoms with Gasteiger partial charge in [-0.1, -0.05) is 11.6 Å². The van der Waals surface area contributed by atoms with E-state index >= 15 is 0 Å². The summed E-state index contributed by atoms with van der Waals surface area (Å²) in [5, 5.41) is 0.